The van der Waals surface area contributed by atoms with Crippen LogP contribution in [0.1, 0.15) is 18.3 Å². The fourth-order valence-electron chi connectivity index (χ4n) is 1.31. The third-order valence-electron chi connectivity index (χ3n) is 1.99. The molecule has 0 unspecified atom stereocenters. The van der Waals surface area contributed by atoms with Crippen LogP contribution in [0.25, 0.3) is 0 Å². The molecule has 70 valence electrons. The molecule has 1 aliphatic rings. The summed E-state index contributed by atoms with van der Waals surface area (Å²) in [7, 11) is 0. The number of rotatable bonds is 1. The van der Waals surface area contributed by atoms with Gasteiger partial charge in [-0.3, -0.25) is 0 Å². The van der Waals surface area contributed by atoms with Gasteiger partial charge in [0.25, 0.3) is 0 Å². The largest absolute Gasteiger partial charge is 0.348 e. The quantitative estimate of drug-likeness (QED) is 0.695. The van der Waals surface area contributed by atoms with Crippen LogP contribution in [0.2, 0.25) is 0 Å². The van der Waals surface area contributed by atoms with Crippen molar-refractivity contribution in [3.05, 3.63) is 29.8 Å². The zero-order chi connectivity index (χ0) is 9.10. The summed E-state index contributed by atoms with van der Waals surface area (Å²) in [5.41, 5.74) is 1.07. The second kappa shape index (κ2) is 4.13. The van der Waals surface area contributed by atoms with Crippen molar-refractivity contribution in [1.82, 2.24) is 0 Å². The smallest absolute Gasteiger partial charge is 0.183 e. The fourth-order valence-corrected chi connectivity index (χ4v) is 1.46. The van der Waals surface area contributed by atoms with Gasteiger partial charge in [-0.25, -0.2) is 0 Å². The van der Waals surface area contributed by atoms with Crippen LogP contribution in [0.5, 0.6) is 0 Å². The van der Waals surface area contributed by atoms with Gasteiger partial charge in [-0.15, -0.1) is 12.6 Å². The van der Waals surface area contributed by atoms with Crippen molar-refractivity contribution >= 4 is 12.6 Å². The Balaban J connectivity index is 2.10. The Hall–Kier alpha value is -0.510. The first-order valence-electron chi connectivity index (χ1n) is 4.38. The highest BCUT2D eigenvalue weighted by molar-refractivity contribution is 7.80. The number of thiol groups is 1. The number of benzene rings is 1. The van der Waals surface area contributed by atoms with Crippen LogP contribution in [-0.2, 0) is 9.47 Å². The fraction of sp³-hybridized carbons (Fsp3) is 0.400. The lowest BCUT2D eigenvalue weighted by Gasteiger charge is -2.23. The van der Waals surface area contributed by atoms with Crippen LogP contribution in [-0.4, -0.2) is 13.2 Å². The lowest BCUT2D eigenvalue weighted by atomic mass is 10.2. The minimum Gasteiger partial charge on any atom is -0.348 e. The minimum atomic E-state index is -0.178. The Bertz CT molecular complexity index is 265. The summed E-state index contributed by atoms with van der Waals surface area (Å²) in [6, 6.07) is 7.86. The van der Waals surface area contributed by atoms with Gasteiger partial charge in [0.1, 0.15) is 0 Å². The highest BCUT2D eigenvalue weighted by Gasteiger charge is 2.15. The molecule has 0 radical (unpaired) electrons. The van der Waals surface area contributed by atoms with E-state index in [1.165, 1.54) is 0 Å². The molecule has 1 saturated heterocycles. The van der Waals surface area contributed by atoms with Gasteiger partial charge in [0.2, 0.25) is 0 Å². The molecule has 2 rings (SSSR count). The molecule has 0 amide bonds. The average Bonchev–Trinajstić information content (AvgIpc) is 2.20. The predicted octanol–water partition coefficient (Wildman–Crippen LogP) is 2.41. The zero-order valence-corrected chi connectivity index (χ0v) is 8.17. The molecule has 0 saturated carbocycles. The van der Waals surface area contributed by atoms with Gasteiger partial charge in [0.15, 0.2) is 6.29 Å². The van der Waals surface area contributed by atoms with Gasteiger partial charge in [-0.05, 0) is 18.6 Å². The molecule has 0 atom stereocenters. The van der Waals surface area contributed by atoms with Gasteiger partial charge in [-0.2, -0.15) is 0 Å². The summed E-state index contributed by atoms with van der Waals surface area (Å²) >= 11 is 4.21. The van der Waals surface area contributed by atoms with Crippen molar-refractivity contribution in [2.75, 3.05) is 13.2 Å². The third kappa shape index (κ3) is 2.24. The second-order valence-electron chi connectivity index (χ2n) is 3.02. The molecule has 1 aromatic carbocycles. The zero-order valence-electron chi connectivity index (χ0n) is 7.27. The molecular weight excluding hydrogens is 184 g/mol. The molecule has 0 bridgehead atoms. The summed E-state index contributed by atoms with van der Waals surface area (Å²) < 4.78 is 10.9. The maximum absolute atomic E-state index is 5.46. The molecule has 0 N–H and O–H groups in total. The minimum absolute atomic E-state index is 0.178. The van der Waals surface area contributed by atoms with E-state index in [0.717, 1.165) is 30.1 Å². The predicted molar refractivity (Wildman–Crippen MR) is 53.0 cm³/mol. The molecule has 3 heteroatoms. The molecule has 1 aromatic rings. The molecule has 1 fully saturated rings. The molecule has 0 spiro atoms. The first-order chi connectivity index (χ1) is 6.36. The Morgan fingerprint density at radius 3 is 2.31 bits per heavy atom. The van der Waals surface area contributed by atoms with E-state index in [4.69, 9.17) is 9.47 Å². The van der Waals surface area contributed by atoms with E-state index in [0.29, 0.717) is 0 Å². The summed E-state index contributed by atoms with van der Waals surface area (Å²) in [5, 5.41) is 0. The molecule has 0 aromatic heterocycles. The number of hydrogen-bond acceptors (Lipinski definition) is 3. The van der Waals surface area contributed by atoms with Crippen LogP contribution in [0.3, 0.4) is 0 Å². The Morgan fingerprint density at radius 2 is 1.69 bits per heavy atom. The van der Waals surface area contributed by atoms with Crippen molar-refractivity contribution < 1.29 is 9.47 Å². The van der Waals surface area contributed by atoms with E-state index in [9.17, 15) is 0 Å². The third-order valence-corrected chi connectivity index (χ3v) is 2.29. The Morgan fingerprint density at radius 1 is 1.08 bits per heavy atom. The monoisotopic (exact) mass is 196 g/mol. The van der Waals surface area contributed by atoms with Crippen LogP contribution in [0.15, 0.2) is 29.2 Å². The van der Waals surface area contributed by atoms with E-state index in [1.54, 1.807) is 0 Å². The topological polar surface area (TPSA) is 18.5 Å². The lowest BCUT2D eigenvalue weighted by Crippen LogP contribution is -2.17. The SMILES string of the molecule is Sc1ccc(C2OCCCO2)cc1. The van der Waals surface area contributed by atoms with Crippen LogP contribution < -0.4 is 0 Å². The first-order valence-corrected chi connectivity index (χ1v) is 4.83. The van der Waals surface area contributed by atoms with E-state index in [2.05, 4.69) is 12.6 Å². The average molecular weight is 196 g/mol. The lowest BCUT2D eigenvalue weighted by molar-refractivity contribution is -0.183. The van der Waals surface area contributed by atoms with Crippen molar-refractivity contribution in [3.8, 4) is 0 Å². The second-order valence-corrected chi connectivity index (χ2v) is 3.53. The molecule has 1 aliphatic heterocycles. The number of ether oxygens (including phenoxy) is 2. The summed E-state index contributed by atoms with van der Waals surface area (Å²) in [6.07, 6.45) is 0.809. The van der Waals surface area contributed by atoms with Crippen LogP contribution in [0.4, 0.5) is 0 Å². The van der Waals surface area contributed by atoms with E-state index >= 15 is 0 Å². The molecule has 13 heavy (non-hydrogen) atoms. The standard InChI is InChI=1S/C10H12O2S/c13-9-4-2-8(3-5-9)10-11-6-1-7-12-10/h2-5,10,13H,1,6-7H2. The first kappa shape index (κ1) is 9.06. The van der Waals surface area contributed by atoms with Gasteiger partial charge in [0.05, 0.1) is 13.2 Å². The van der Waals surface area contributed by atoms with Crippen molar-refractivity contribution in [3.63, 3.8) is 0 Å². The van der Waals surface area contributed by atoms with Gasteiger partial charge < -0.3 is 9.47 Å². The summed E-state index contributed by atoms with van der Waals surface area (Å²) in [6.45, 7) is 1.57. The Labute approximate surface area is 83.3 Å². The normalized spacial score (nSPS) is 18.8. The van der Waals surface area contributed by atoms with E-state index < -0.39 is 0 Å². The molecule has 1 heterocycles. The molecule has 0 aliphatic carbocycles. The highest BCUT2D eigenvalue weighted by Crippen LogP contribution is 2.23. The van der Waals surface area contributed by atoms with Crippen LogP contribution in [0, 0.1) is 0 Å². The molecule has 2 nitrogen and oxygen atoms in total. The number of hydrogen-bond donors (Lipinski definition) is 1. The summed E-state index contributed by atoms with van der Waals surface area (Å²) in [5.74, 6) is 0. The van der Waals surface area contributed by atoms with Crippen molar-refractivity contribution in [2.24, 2.45) is 0 Å². The maximum Gasteiger partial charge on any atom is 0.183 e. The highest BCUT2D eigenvalue weighted by atomic mass is 32.1. The maximum atomic E-state index is 5.46. The van der Waals surface area contributed by atoms with Crippen molar-refractivity contribution in [2.45, 2.75) is 17.6 Å². The van der Waals surface area contributed by atoms with Crippen LogP contribution >= 0.6 is 12.6 Å². The Kier molecular flexibility index (Phi) is 2.88. The van der Waals surface area contributed by atoms with E-state index in [1.807, 2.05) is 24.3 Å². The molecular formula is C10H12O2S. The van der Waals surface area contributed by atoms with Gasteiger partial charge in [0, 0.05) is 10.5 Å². The van der Waals surface area contributed by atoms with E-state index in [-0.39, 0.29) is 6.29 Å². The summed E-state index contributed by atoms with van der Waals surface area (Å²) in [4.78, 5) is 0.958. The van der Waals surface area contributed by atoms with Crippen molar-refractivity contribution in [1.29, 1.82) is 0 Å². The van der Waals surface area contributed by atoms with Gasteiger partial charge >= 0.3 is 0 Å². The van der Waals surface area contributed by atoms with Gasteiger partial charge in [-0.1, -0.05) is 12.1 Å².